The molecule has 1 atom stereocenters. The highest BCUT2D eigenvalue weighted by Crippen LogP contribution is 2.37. The fraction of sp³-hybridized carbons (Fsp3) is 0.353. The summed E-state index contributed by atoms with van der Waals surface area (Å²) in [5.74, 6) is 0.468. The third-order valence-corrected chi connectivity index (χ3v) is 4.21. The summed E-state index contributed by atoms with van der Waals surface area (Å²) >= 11 is 0. The molecule has 0 unspecified atom stereocenters. The van der Waals surface area contributed by atoms with Gasteiger partial charge >= 0.3 is 6.18 Å². The summed E-state index contributed by atoms with van der Waals surface area (Å²) in [4.78, 5) is 4.27. The van der Waals surface area contributed by atoms with Gasteiger partial charge in [0.25, 0.3) is 0 Å². The zero-order chi connectivity index (χ0) is 15.0. The molecule has 110 valence electrons. The molecule has 1 aliphatic rings. The average Bonchev–Trinajstić information content (AvgIpc) is 2.46. The predicted molar refractivity (Wildman–Crippen MR) is 76.0 cm³/mol. The van der Waals surface area contributed by atoms with Gasteiger partial charge < -0.3 is 0 Å². The highest BCUT2D eigenvalue weighted by atomic mass is 19.4. The van der Waals surface area contributed by atoms with E-state index in [-0.39, 0.29) is 0 Å². The maximum Gasteiger partial charge on any atom is 0.416 e. The first-order valence-electron chi connectivity index (χ1n) is 7.11. The Morgan fingerprint density at radius 3 is 2.48 bits per heavy atom. The molecule has 0 spiro atoms. The molecule has 1 aromatic carbocycles. The van der Waals surface area contributed by atoms with Crippen molar-refractivity contribution in [3.05, 3.63) is 53.3 Å². The summed E-state index contributed by atoms with van der Waals surface area (Å²) in [5.41, 5.74) is 3.63. The maximum atomic E-state index is 12.6. The van der Waals surface area contributed by atoms with E-state index in [1.165, 1.54) is 11.1 Å². The second kappa shape index (κ2) is 5.17. The smallest absolute Gasteiger partial charge is 0.264 e. The Kier molecular flexibility index (Phi) is 3.47. The van der Waals surface area contributed by atoms with Gasteiger partial charge in [-0.15, -0.1) is 0 Å². The maximum absolute atomic E-state index is 12.6. The first-order valence-corrected chi connectivity index (χ1v) is 7.11. The molecule has 0 aliphatic heterocycles. The van der Waals surface area contributed by atoms with Crippen LogP contribution < -0.4 is 0 Å². The Bertz CT molecular complexity index is 644. The third-order valence-electron chi connectivity index (χ3n) is 4.21. The number of aromatic nitrogens is 1. The minimum absolute atomic E-state index is 0.468. The predicted octanol–water partition coefficient (Wildman–Crippen LogP) is 5.21. The van der Waals surface area contributed by atoms with Crippen LogP contribution in [-0.4, -0.2) is 4.98 Å². The number of fused-ring (bicyclic) bond motifs is 1. The standard InChI is InChI=1S/C17H16F3N/c1-11-3-2-4-14-15(11)9-21-10-16(14)12-5-7-13(8-6-12)17(18,19)20/h5-11H,2-4H2,1H3/t11-/m1/s1. The van der Waals surface area contributed by atoms with E-state index in [2.05, 4.69) is 11.9 Å². The van der Waals surface area contributed by atoms with Gasteiger partial charge in [-0.25, -0.2) is 0 Å². The van der Waals surface area contributed by atoms with Crippen molar-refractivity contribution in [1.29, 1.82) is 0 Å². The quantitative estimate of drug-likeness (QED) is 0.703. The number of halogens is 3. The first-order chi connectivity index (χ1) is 9.97. The summed E-state index contributed by atoms with van der Waals surface area (Å²) < 4.78 is 37.9. The van der Waals surface area contributed by atoms with Crippen LogP contribution in [-0.2, 0) is 12.6 Å². The molecular formula is C17H16F3N. The molecule has 0 amide bonds. The van der Waals surface area contributed by atoms with E-state index in [0.717, 1.165) is 42.5 Å². The zero-order valence-corrected chi connectivity index (χ0v) is 11.7. The molecule has 1 aromatic heterocycles. The van der Waals surface area contributed by atoms with E-state index < -0.39 is 11.7 Å². The minimum Gasteiger partial charge on any atom is -0.264 e. The van der Waals surface area contributed by atoms with Crippen molar-refractivity contribution in [3.8, 4) is 11.1 Å². The van der Waals surface area contributed by atoms with E-state index in [9.17, 15) is 13.2 Å². The van der Waals surface area contributed by atoms with Crippen molar-refractivity contribution in [2.75, 3.05) is 0 Å². The van der Waals surface area contributed by atoms with Crippen LogP contribution >= 0.6 is 0 Å². The normalized spacial score (nSPS) is 18.4. The molecule has 0 N–H and O–H groups in total. The van der Waals surface area contributed by atoms with Gasteiger partial charge in [0.05, 0.1) is 5.56 Å². The van der Waals surface area contributed by atoms with Gasteiger partial charge in [0.2, 0.25) is 0 Å². The molecule has 4 heteroatoms. The third kappa shape index (κ3) is 2.67. The lowest BCUT2D eigenvalue weighted by Gasteiger charge is -2.24. The second-order valence-corrected chi connectivity index (χ2v) is 5.62. The summed E-state index contributed by atoms with van der Waals surface area (Å²) in [7, 11) is 0. The Balaban J connectivity index is 2.03. The number of benzene rings is 1. The summed E-state index contributed by atoms with van der Waals surface area (Å²) in [6.45, 7) is 2.18. The molecule has 0 radical (unpaired) electrons. The van der Waals surface area contributed by atoms with Crippen molar-refractivity contribution in [1.82, 2.24) is 4.98 Å². The number of alkyl halides is 3. The lowest BCUT2D eigenvalue weighted by Crippen LogP contribution is -2.09. The van der Waals surface area contributed by atoms with Crippen LogP contribution in [0.1, 0.15) is 42.4 Å². The van der Waals surface area contributed by atoms with Crippen molar-refractivity contribution >= 4 is 0 Å². The average molecular weight is 291 g/mol. The van der Waals surface area contributed by atoms with E-state index in [4.69, 9.17) is 0 Å². The Labute approximate surface area is 121 Å². The summed E-state index contributed by atoms with van der Waals surface area (Å²) in [6.07, 6.45) is 2.60. The fourth-order valence-electron chi connectivity index (χ4n) is 3.04. The van der Waals surface area contributed by atoms with Crippen molar-refractivity contribution in [2.24, 2.45) is 0 Å². The van der Waals surface area contributed by atoms with Crippen molar-refractivity contribution < 1.29 is 13.2 Å². The molecule has 1 nitrogen and oxygen atoms in total. The van der Waals surface area contributed by atoms with E-state index in [1.807, 2.05) is 6.20 Å². The largest absolute Gasteiger partial charge is 0.416 e. The molecule has 1 heterocycles. The number of nitrogens with zero attached hydrogens (tertiary/aromatic N) is 1. The topological polar surface area (TPSA) is 12.9 Å². The van der Waals surface area contributed by atoms with Crippen LogP contribution in [0.25, 0.3) is 11.1 Å². The number of pyridine rings is 1. The van der Waals surface area contributed by atoms with Crippen molar-refractivity contribution in [3.63, 3.8) is 0 Å². The molecule has 21 heavy (non-hydrogen) atoms. The molecule has 0 bridgehead atoms. The number of rotatable bonds is 1. The minimum atomic E-state index is -4.29. The van der Waals surface area contributed by atoms with Crippen LogP contribution in [0.3, 0.4) is 0 Å². The van der Waals surface area contributed by atoms with Gasteiger partial charge in [-0.05, 0) is 54.0 Å². The highest BCUT2D eigenvalue weighted by Gasteiger charge is 2.30. The summed E-state index contributed by atoms with van der Waals surface area (Å²) in [5, 5.41) is 0. The number of hydrogen-bond acceptors (Lipinski definition) is 1. The molecule has 0 saturated heterocycles. The molecule has 0 saturated carbocycles. The van der Waals surface area contributed by atoms with E-state index in [1.54, 1.807) is 18.3 Å². The zero-order valence-electron chi connectivity index (χ0n) is 11.7. The first kappa shape index (κ1) is 14.1. The van der Waals surface area contributed by atoms with E-state index >= 15 is 0 Å². The van der Waals surface area contributed by atoms with Crippen molar-refractivity contribution in [2.45, 2.75) is 38.3 Å². The molecule has 2 aromatic rings. The van der Waals surface area contributed by atoms with Gasteiger partial charge in [-0.2, -0.15) is 13.2 Å². The molecule has 3 rings (SSSR count). The van der Waals surface area contributed by atoms with Gasteiger partial charge in [0, 0.05) is 18.0 Å². The monoisotopic (exact) mass is 291 g/mol. The van der Waals surface area contributed by atoms with Gasteiger partial charge in [0.15, 0.2) is 0 Å². The Morgan fingerprint density at radius 2 is 1.81 bits per heavy atom. The summed E-state index contributed by atoms with van der Waals surface area (Å²) in [6, 6.07) is 5.36. The fourth-order valence-corrected chi connectivity index (χ4v) is 3.04. The molecule has 1 aliphatic carbocycles. The number of hydrogen-bond donors (Lipinski definition) is 0. The second-order valence-electron chi connectivity index (χ2n) is 5.62. The Morgan fingerprint density at radius 1 is 1.10 bits per heavy atom. The van der Waals surface area contributed by atoms with Crippen LogP contribution in [0.15, 0.2) is 36.7 Å². The lowest BCUT2D eigenvalue weighted by atomic mass is 9.82. The van der Waals surface area contributed by atoms with Gasteiger partial charge in [-0.3, -0.25) is 4.98 Å². The lowest BCUT2D eigenvalue weighted by molar-refractivity contribution is -0.137. The van der Waals surface area contributed by atoms with Crippen LogP contribution in [0.5, 0.6) is 0 Å². The van der Waals surface area contributed by atoms with Gasteiger partial charge in [-0.1, -0.05) is 19.1 Å². The van der Waals surface area contributed by atoms with Crippen LogP contribution in [0.2, 0.25) is 0 Å². The highest BCUT2D eigenvalue weighted by molar-refractivity contribution is 5.68. The SMILES string of the molecule is C[C@@H]1CCCc2c(-c3ccc(C(F)(F)F)cc3)cncc21. The molecule has 0 fully saturated rings. The Hall–Kier alpha value is -1.84. The van der Waals surface area contributed by atoms with Crippen LogP contribution in [0.4, 0.5) is 13.2 Å². The van der Waals surface area contributed by atoms with Gasteiger partial charge in [0.1, 0.15) is 0 Å². The molecular weight excluding hydrogens is 275 g/mol. The van der Waals surface area contributed by atoms with E-state index in [0.29, 0.717) is 5.92 Å². The van der Waals surface area contributed by atoms with Crippen LogP contribution in [0, 0.1) is 0 Å².